The summed E-state index contributed by atoms with van der Waals surface area (Å²) >= 11 is 6.32. The van der Waals surface area contributed by atoms with Crippen molar-refractivity contribution < 1.29 is 20.4 Å². The number of hydrogen-bond acceptors (Lipinski definition) is 5. The number of halogens is 1. The molecule has 1 atom stereocenters. The first-order valence-electron chi connectivity index (χ1n) is 13.8. The van der Waals surface area contributed by atoms with E-state index in [9.17, 15) is 4.79 Å². The number of nitrogens with one attached hydrogen (secondary N) is 1. The molecule has 0 radical (unpaired) electrons. The molecular formula is C30H40ClN3O4. The molecule has 0 saturated carbocycles. The predicted molar refractivity (Wildman–Crippen MR) is 152 cm³/mol. The highest BCUT2D eigenvalue weighted by Gasteiger charge is 2.35. The quantitative estimate of drug-likeness (QED) is 0.322. The van der Waals surface area contributed by atoms with Gasteiger partial charge in [0.1, 0.15) is 11.8 Å². The van der Waals surface area contributed by atoms with Crippen LogP contribution in [0.15, 0.2) is 42.5 Å². The van der Waals surface area contributed by atoms with Crippen LogP contribution in [0.2, 0.25) is 5.02 Å². The Morgan fingerprint density at radius 1 is 1.13 bits per heavy atom. The highest BCUT2D eigenvalue weighted by molar-refractivity contribution is 6.31. The molecule has 7 nitrogen and oxygen atoms in total. The van der Waals surface area contributed by atoms with E-state index in [1.54, 1.807) is 0 Å². The van der Waals surface area contributed by atoms with Gasteiger partial charge in [0, 0.05) is 42.7 Å². The number of benzene rings is 2. The Morgan fingerprint density at radius 3 is 2.68 bits per heavy atom. The Morgan fingerprint density at radius 2 is 1.92 bits per heavy atom. The lowest BCUT2D eigenvalue weighted by Gasteiger charge is -2.35. The number of rotatable bonds is 9. The minimum atomic E-state index is -0.286. The summed E-state index contributed by atoms with van der Waals surface area (Å²) in [5.41, 5.74) is 4.27. The van der Waals surface area contributed by atoms with Crippen LogP contribution in [0.4, 0.5) is 4.79 Å². The lowest BCUT2D eigenvalue weighted by atomic mass is 9.92. The molecule has 1 fully saturated rings. The van der Waals surface area contributed by atoms with Crippen molar-refractivity contribution >= 4 is 28.6 Å². The Hall–Kier alpha value is -2.74. The van der Waals surface area contributed by atoms with Crippen LogP contribution in [-0.4, -0.2) is 73.5 Å². The van der Waals surface area contributed by atoms with Crippen LogP contribution in [0.3, 0.4) is 0 Å². The third-order valence-corrected chi connectivity index (χ3v) is 7.54. The molecule has 0 spiro atoms. The number of aromatic nitrogens is 1. The van der Waals surface area contributed by atoms with Gasteiger partial charge in [0.15, 0.2) is 0 Å². The zero-order chi connectivity index (χ0) is 26.5. The van der Waals surface area contributed by atoms with Gasteiger partial charge in [0.2, 0.25) is 0 Å². The van der Waals surface area contributed by atoms with Gasteiger partial charge < -0.3 is 19.2 Å². The number of carbonyl (C=O) groups is 1. The number of carbonyl (C=O) groups excluding carboxylic acids is 1. The van der Waals surface area contributed by atoms with Crippen LogP contribution in [0, 0.1) is 5.92 Å². The Kier molecular flexibility index (Phi) is 8.77. The van der Waals surface area contributed by atoms with Crippen molar-refractivity contribution in [3.8, 4) is 5.75 Å². The van der Waals surface area contributed by atoms with Gasteiger partial charge in [-0.1, -0.05) is 37.6 Å². The van der Waals surface area contributed by atoms with Crippen molar-refractivity contribution in [2.24, 2.45) is 5.92 Å². The number of hydrogen-bond donors (Lipinski definition) is 1. The third-order valence-electron chi connectivity index (χ3n) is 7.30. The monoisotopic (exact) mass is 541 g/mol. The van der Waals surface area contributed by atoms with Gasteiger partial charge in [0.25, 0.3) is 0 Å². The van der Waals surface area contributed by atoms with E-state index in [4.69, 9.17) is 25.8 Å². The minimum Gasteiger partial charge on any atom is -0.494 e. The molecule has 5 rings (SSSR count). The predicted octanol–water partition coefficient (Wildman–Crippen LogP) is 6.30. The molecule has 0 bridgehead atoms. The number of nitrogens with zero attached hydrogens (tertiary/aromatic N) is 2. The van der Waals surface area contributed by atoms with Crippen molar-refractivity contribution in [1.29, 1.82) is 0 Å². The molecule has 1 unspecified atom stereocenters. The summed E-state index contributed by atoms with van der Waals surface area (Å²) in [6.07, 6.45) is 2.58. The fourth-order valence-corrected chi connectivity index (χ4v) is 5.50. The van der Waals surface area contributed by atoms with Gasteiger partial charge in [-0.25, -0.2) is 4.79 Å². The maximum absolute atomic E-state index is 13.2. The van der Waals surface area contributed by atoms with E-state index >= 15 is 0 Å². The van der Waals surface area contributed by atoms with Crippen LogP contribution in [-0.2, 0) is 15.9 Å². The van der Waals surface area contributed by atoms with Crippen LogP contribution < -0.4 is 4.74 Å². The van der Waals surface area contributed by atoms with Crippen molar-refractivity contribution in [1.82, 2.24) is 14.8 Å². The Balaban J connectivity index is 0.00000353. The van der Waals surface area contributed by atoms with E-state index in [1.165, 1.54) is 5.56 Å². The fourth-order valence-electron chi connectivity index (χ4n) is 5.32. The first-order valence-corrected chi connectivity index (χ1v) is 14.1. The number of amides is 1. The standard InChI is InChI=1S/C30H38ClN3O4.H2/c1-21(2)20-38-30(35)34-13-11-25-26-19-23(31)7-10-27(26)32-28(25)29(34)22-5-8-24(9-6-22)37-16-4-3-12-33-14-17-36-18-15-33;/h5-10,19,21,29,32H,3-4,11-18,20H2,1-2H3;1H. The smallest absolute Gasteiger partial charge is 0.410 e. The summed E-state index contributed by atoms with van der Waals surface area (Å²) in [7, 11) is 0. The highest BCUT2D eigenvalue weighted by atomic mass is 35.5. The van der Waals surface area contributed by atoms with Gasteiger partial charge in [-0.05, 0) is 73.2 Å². The van der Waals surface area contributed by atoms with Crippen LogP contribution in [0.5, 0.6) is 5.75 Å². The molecule has 2 aliphatic heterocycles. The van der Waals surface area contributed by atoms with Crippen molar-refractivity contribution in [2.75, 3.05) is 52.6 Å². The summed E-state index contributed by atoms with van der Waals surface area (Å²) in [6, 6.07) is 13.8. The SMILES string of the molecule is CC(C)COC(=O)N1CCc2c([nH]c3ccc(Cl)cc23)C1c1ccc(OCCCCN2CCOCC2)cc1.[HH]. The molecule has 2 aliphatic rings. The van der Waals surface area contributed by atoms with Crippen molar-refractivity contribution in [2.45, 2.75) is 39.2 Å². The molecule has 8 heteroatoms. The Labute approximate surface area is 231 Å². The van der Waals surface area contributed by atoms with Crippen molar-refractivity contribution in [3.05, 3.63) is 64.3 Å². The summed E-state index contributed by atoms with van der Waals surface area (Å²) < 4.78 is 17.1. The lowest BCUT2D eigenvalue weighted by molar-refractivity contribution is 0.0368. The van der Waals surface area contributed by atoms with E-state index < -0.39 is 0 Å². The summed E-state index contributed by atoms with van der Waals surface area (Å²) in [5.74, 6) is 1.12. The van der Waals surface area contributed by atoms with E-state index in [-0.39, 0.29) is 19.5 Å². The second kappa shape index (κ2) is 12.4. The second-order valence-corrected chi connectivity index (χ2v) is 11.0. The summed E-state index contributed by atoms with van der Waals surface area (Å²) in [5, 5.41) is 1.82. The first kappa shape index (κ1) is 26.9. The van der Waals surface area contributed by atoms with E-state index in [1.807, 2.05) is 49.1 Å². The molecule has 2 aromatic carbocycles. The number of ether oxygens (including phenoxy) is 3. The van der Waals surface area contributed by atoms with E-state index in [2.05, 4.69) is 22.0 Å². The zero-order valence-corrected chi connectivity index (χ0v) is 23.1. The molecule has 1 N–H and O–H groups in total. The second-order valence-electron chi connectivity index (χ2n) is 10.6. The molecule has 1 saturated heterocycles. The maximum atomic E-state index is 13.2. The zero-order valence-electron chi connectivity index (χ0n) is 22.4. The lowest BCUT2D eigenvalue weighted by Crippen LogP contribution is -2.41. The van der Waals surface area contributed by atoms with Gasteiger partial charge in [-0.2, -0.15) is 0 Å². The number of fused-ring (bicyclic) bond motifs is 3. The van der Waals surface area contributed by atoms with E-state index in [0.29, 0.717) is 24.8 Å². The molecule has 206 valence electrons. The van der Waals surface area contributed by atoms with Crippen LogP contribution in [0.25, 0.3) is 10.9 Å². The average Bonchev–Trinajstić information content (AvgIpc) is 3.30. The van der Waals surface area contributed by atoms with Gasteiger partial charge in [-0.15, -0.1) is 0 Å². The van der Waals surface area contributed by atoms with E-state index in [0.717, 1.165) is 80.0 Å². The van der Waals surface area contributed by atoms with Crippen LogP contribution in [0.1, 0.15) is 51.0 Å². The average molecular weight is 542 g/mol. The fraction of sp³-hybridized carbons (Fsp3) is 0.500. The van der Waals surface area contributed by atoms with Gasteiger partial charge in [-0.3, -0.25) is 9.80 Å². The number of unbranched alkanes of at least 4 members (excludes halogenated alkanes) is 1. The number of aromatic amines is 1. The maximum Gasteiger partial charge on any atom is 0.410 e. The number of morpholine rings is 1. The van der Waals surface area contributed by atoms with Crippen LogP contribution >= 0.6 is 11.6 Å². The molecular weight excluding hydrogens is 502 g/mol. The third kappa shape index (κ3) is 6.28. The molecule has 1 aromatic heterocycles. The topological polar surface area (TPSA) is 67.0 Å². The Bertz CT molecular complexity index is 1230. The van der Waals surface area contributed by atoms with Crippen molar-refractivity contribution in [3.63, 3.8) is 0 Å². The molecule has 0 aliphatic carbocycles. The van der Waals surface area contributed by atoms with Gasteiger partial charge >= 0.3 is 6.09 Å². The summed E-state index contributed by atoms with van der Waals surface area (Å²) in [4.78, 5) is 21.1. The first-order chi connectivity index (χ1) is 18.5. The molecule has 3 aromatic rings. The molecule has 3 heterocycles. The molecule has 1 amide bonds. The normalized spacial score (nSPS) is 18.1. The minimum absolute atomic E-state index is 0. The van der Waals surface area contributed by atoms with Gasteiger partial charge in [0.05, 0.1) is 26.4 Å². The largest absolute Gasteiger partial charge is 0.494 e. The number of H-pyrrole nitrogens is 1. The summed E-state index contributed by atoms with van der Waals surface area (Å²) in [6.45, 7) is 10.6. The molecule has 38 heavy (non-hydrogen) atoms. The highest BCUT2D eigenvalue weighted by Crippen LogP contribution is 2.39.